The van der Waals surface area contributed by atoms with Gasteiger partial charge in [-0.15, -0.1) is 0 Å². The molecule has 0 radical (unpaired) electrons. The third-order valence-corrected chi connectivity index (χ3v) is 4.37. The molecule has 0 unspecified atom stereocenters. The minimum absolute atomic E-state index is 0.0329. The Labute approximate surface area is 114 Å². The summed E-state index contributed by atoms with van der Waals surface area (Å²) in [6.45, 7) is 0. The smallest absolute Gasteiger partial charge is 0.274 e. The summed E-state index contributed by atoms with van der Waals surface area (Å²) in [5, 5.41) is -0.380. The Kier molecular flexibility index (Phi) is 3.98. The van der Waals surface area contributed by atoms with Crippen molar-refractivity contribution in [2.75, 3.05) is 0 Å². The van der Waals surface area contributed by atoms with Crippen LogP contribution in [0.5, 0.6) is 0 Å². The molecule has 1 amide bonds. The van der Waals surface area contributed by atoms with E-state index in [1.165, 1.54) is 12.4 Å². The zero-order valence-corrected chi connectivity index (χ0v) is 11.2. The van der Waals surface area contributed by atoms with Crippen LogP contribution in [-0.4, -0.2) is 30.2 Å². The summed E-state index contributed by atoms with van der Waals surface area (Å²) in [6.07, 6.45) is 2.60. The number of sulfonamides is 1. The molecule has 1 aromatic heterocycles. The van der Waals surface area contributed by atoms with E-state index in [9.17, 15) is 22.0 Å². The maximum absolute atomic E-state index is 13.0. The standard InChI is InChI=1S/C11H13F2N3O3S/c12-11(13)3-1-8(2-4-11)10(17)16-20(18,19)9-7-14-5-6-15-9/h5-8H,1-4H2,(H,16,17). The fourth-order valence-electron chi connectivity index (χ4n) is 1.99. The number of aromatic nitrogens is 2. The first kappa shape index (κ1) is 14.8. The van der Waals surface area contributed by atoms with Gasteiger partial charge in [-0.05, 0) is 12.8 Å². The van der Waals surface area contributed by atoms with Crippen molar-refractivity contribution < 1.29 is 22.0 Å². The molecular formula is C11H13F2N3O3S. The van der Waals surface area contributed by atoms with Gasteiger partial charge < -0.3 is 0 Å². The number of carbonyl (C=O) groups excluding carboxylic acids is 1. The maximum Gasteiger partial charge on any atom is 0.283 e. The predicted molar refractivity (Wildman–Crippen MR) is 64.3 cm³/mol. The quantitative estimate of drug-likeness (QED) is 0.903. The Hall–Kier alpha value is -1.64. The normalized spacial score (nSPS) is 19.5. The Morgan fingerprint density at radius 3 is 2.50 bits per heavy atom. The van der Waals surface area contributed by atoms with E-state index >= 15 is 0 Å². The highest BCUT2D eigenvalue weighted by molar-refractivity contribution is 7.90. The van der Waals surface area contributed by atoms with Gasteiger partial charge in [0.25, 0.3) is 10.0 Å². The largest absolute Gasteiger partial charge is 0.283 e. The Balaban J connectivity index is 2.02. The van der Waals surface area contributed by atoms with Crippen LogP contribution in [0.4, 0.5) is 8.78 Å². The molecule has 6 nitrogen and oxygen atoms in total. The van der Waals surface area contributed by atoms with Gasteiger partial charge in [0.05, 0.1) is 6.20 Å². The second kappa shape index (κ2) is 5.39. The summed E-state index contributed by atoms with van der Waals surface area (Å²) >= 11 is 0. The molecule has 1 aromatic rings. The number of hydrogen-bond donors (Lipinski definition) is 1. The number of hydrogen-bond acceptors (Lipinski definition) is 5. The molecule has 0 aliphatic heterocycles. The fourth-order valence-corrected chi connectivity index (χ4v) is 2.93. The number of nitrogens with one attached hydrogen (secondary N) is 1. The van der Waals surface area contributed by atoms with Crippen molar-refractivity contribution in [1.82, 2.24) is 14.7 Å². The Bertz CT molecular complexity index is 582. The molecule has 1 saturated carbocycles. The molecule has 2 rings (SSSR count). The van der Waals surface area contributed by atoms with Gasteiger partial charge >= 0.3 is 0 Å². The molecule has 9 heteroatoms. The monoisotopic (exact) mass is 305 g/mol. The molecule has 0 aromatic carbocycles. The number of rotatable bonds is 3. The summed E-state index contributed by atoms with van der Waals surface area (Å²) in [7, 11) is -4.10. The average Bonchev–Trinajstić information content (AvgIpc) is 2.39. The molecule has 0 bridgehead atoms. The first-order chi connectivity index (χ1) is 9.30. The number of nitrogens with zero attached hydrogens (tertiary/aromatic N) is 2. The van der Waals surface area contributed by atoms with Crippen molar-refractivity contribution in [3.63, 3.8) is 0 Å². The lowest BCUT2D eigenvalue weighted by atomic mass is 9.86. The van der Waals surface area contributed by atoms with Gasteiger partial charge in [0.1, 0.15) is 0 Å². The second-order valence-corrected chi connectivity index (χ2v) is 6.27. The number of carbonyl (C=O) groups is 1. The topological polar surface area (TPSA) is 89.0 Å². The zero-order chi connectivity index (χ0) is 14.8. The van der Waals surface area contributed by atoms with E-state index in [2.05, 4.69) is 9.97 Å². The molecular weight excluding hydrogens is 292 g/mol. The van der Waals surface area contributed by atoms with Crippen LogP contribution < -0.4 is 4.72 Å². The van der Waals surface area contributed by atoms with Crippen LogP contribution >= 0.6 is 0 Å². The van der Waals surface area contributed by atoms with E-state index in [4.69, 9.17) is 0 Å². The predicted octanol–water partition coefficient (Wildman–Crippen LogP) is 1.11. The van der Waals surface area contributed by atoms with Gasteiger partial charge in [-0.1, -0.05) is 0 Å². The van der Waals surface area contributed by atoms with Gasteiger partial charge in [-0.25, -0.2) is 18.5 Å². The van der Waals surface area contributed by atoms with E-state index in [1.807, 2.05) is 4.72 Å². The summed E-state index contributed by atoms with van der Waals surface area (Å²) in [5.74, 6) is -4.26. The van der Waals surface area contributed by atoms with E-state index in [0.717, 1.165) is 6.20 Å². The molecule has 0 saturated heterocycles. The summed E-state index contributed by atoms with van der Waals surface area (Å²) in [4.78, 5) is 19.0. The van der Waals surface area contributed by atoms with Gasteiger partial charge in [0.15, 0.2) is 5.03 Å². The highest BCUT2D eigenvalue weighted by atomic mass is 32.2. The summed E-state index contributed by atoms with van der Waals surface area (Å²) < 4.78 is 51.5. The second-order valence-electron chi connectivity index (χ2n) is 4.64. The molecule has 110 valence electrons. The average molecular weight is 305 g/mol. The minimum atomic E-state index is -4.10. The van der Waals surface area contributed by atoms with Crippen molar-refractivity contribution in [1.29, 1.82) is 0 Å². The first-order valence-corrected chi connectivity index (χ1v) is 7.49. The van der Waals surface area contributed by atoms with Crippen molar-refractivity contribution in [2.45, 2.75) is 36.6 Å². The van der Waals surface area contributed by atoms with Gasteiger partial charge in [0, 0.05) is 31.2 Å². The van der Waals surface area contributed by atoms with Crippen LogP contribution in [0, 0.1) is 5.92 Å². The molecule has 20 heavy (non-hydrogen) atoms. The van der Waals surface area contributed by atoms with Crippen LogP contribution in [0.1, 0.15) is 25.7 Å². The highest BCUT2D eigenvalue weighted by Gasteiger charge is 2.38. The third-order valence-electron chi connectivity index (χ3n) is 3.14. The SMILES string of the molecule is O=C(NS(=O)(=O)c1cnccn1)C1CCC(F)(F)CC1. The van der Waals surface area contributed by atoms with Crippen LogP contribution in [0.15, 0.2) is 23.6 Å². The van der Waals surface area contributed by atoms with E-state index in [0.29, 0.717) is 0 Å². The van der Waals surface area contributed by atoms with Gasteiger partial charge in [-0.2, -0.15) is 8.42 Å². The molecule has 1 aliphatic rings. The first-order valence-electron chi connectivity index (χ1n) is 6.01. The van der Waals surface area contributed by atoms with Crippen molar-refractivity contribution in [3.8, 4) is 0 Å². The number of amides is 1. The van der Waals surface area contributed by atoms with E-state index in [-0.39, 0.29) is 17.9 Å². The molecule has 0 spiro atoms. The Morgan fingerprint density at radius 1 is 1.30 bits per heavy atom. The minimum Gasteiger partial charge on any atom is -0.274 e. The van der Waals surface area contributed by atoms with E-state index < -0.39 is 40.6 Å². The van der Waals surface area contributed by atoms with Crippen LogP contribution in [0.2, 0.25) is 0 Å². The zero-order valence-electron chi connectivity index (χ0n) is 10.4. The fraction of sp³-hybridized carbons (Fsp3) is 0.545. The molecule has 1 N–H and O–H groups in total. The third kappa shape index (κ3) is 3.47. The lowest BCUT2D eigenvalue weighted by Gasteiger charge is -2.27. The van der Waals surface area contributed by atoms with Gasteiger partial charge in [-0.3, -0.25) is 9.78 Å². The van der Waals surface area contributed by atoms with Crippen LogP contribution in [-0.2, 0) is 14.8 Å². The molecule has 1 aliphatic carbocycles. The molecule has 1 fully saturated rings. The number of halogens is 2. The molecule has 1 heterocycles. The molecule has 0 atom stereocenters. The maximum atomic E-state index is 13.0. The van der Waals surface area contributed by atoms with Crippen molar-refractivity contribution >= 4 is 15.9 Å². The summed E-state index contributed by atoms with van der Waals surface area (Å²) in [5.41, 5.74) is 0. The van der Waals surface area contributed by atoms with Crippen LogP contribution in [0.25, 0.3) is 0 Å². The van der Waals surface area contributed by atoms with Gasteiger partial charge in [0.2, 0.25) is 11.8 Å². The summed E-state index contributed by atoms with van der Waals surface area (Å²) in [6, 6.07) is 0. The van der Waals surface area contributed by atoms with Crippen molar-refractivity contribution in [2.24, 2.45) is 5.92 Å². The highest BCUT2D eigenvalue weighted by Crippen LogP contribution is 2.36. The van der Waals surface area contributed by atoms with Crippen LogP contribution in [0.3, 0.4) is 0 Å². The van der Waals surface area contributed by atoms with Crippen molar-refractivity contribution in [3.05, 3.63) is 18.6 Å². The lowest BCUT2D eigenvalue weighted by molar-refractivity contribution is -0.127. The number of alkyl halides is 2. The van der Waals surface area contributed by atoms with E-state index in [1.54, 1.807) is 0 Å². The Morgan fingerprint density at radius 2 is 1.95 bits per heavy atom. The lowest BCUT2D eigenvalue weighted by Crippen LogP contribution is -2.39.